The molecule has 3 atom stereocenters. The number of halogens is 1. The SMILES string of the molecule is CC1C2C(c3ccc4c(c3)oc3ccccc34)=NC(c3ccc4ccccc4c3)=NC12c1ccc2oc3c4ccccc4ccc3c2c1Cl. The van der Waals surface area contributed by atoms with E-state index in [1.165, 1.54) is 5.39 Å². The van der Waals surface area contributed by atoms with Gasteiger partial charge < -0.3 is 8.83 Å². The van der Waals surface area contributed by atoms with Gasteiger partial charge in [-0.2, -0.15) is 0 Å². The molecular formula is C44H27ClN2O2. The summed E-state index contributed by atoms with van der Waals surface area (Å²) in [7, 11) is 0. The Morgan fingerprint density at radius 3 is 2.20 bits per heavy atom. The van der Waals surface area contributed by atoms with Gasteiger partial charge in [-0.05, 0) is 58.5 Å². The highest BCUT2D eigenvalue weighted by atomic mass is 35.5. The Bertz CT molecular complexity index is 2950. The molecule has 0 bridgehead atoms. The van der Waals surface area contributed by atoms with Gasteiger partial charge in [0, 0.05) is 49.5 Å². The Kier molecular flexibility index (Phi) is 5.39. The van der Waals surface area contributed by atoms with Crippen molar-refractivity contribution in [1.29, 1.82) is 0 Å². The number of hydrogen-bond donors (Lipinski definition) is 0. The Labute approximate surface area is 285 Å². The van der Waals surface area contributed by atoms with Gasteiger partial charge in [-0.25, -0.2) is 4.99 Å². The van der Waals surface area contributed by atoms with Crippen LogP contribution in [0.2, 0.25) is 5.02 Å². The average molecular weight is 651 g/mol. The molecule has 1 saturated carbocycles. The lowest BCUT2D eigenvalue weighted by Gasteiger charge is -2.22. The first-order chi connectivity index (χ1) is 24.1. The topological polar surface area (TPSA) is 51.0 Å². The number of hydrogen-bond acceptors (Lipinski definition) is 4. The molecule has 9 aromatic rings. The monoisotopic (exact) mass is 650 g/mol. The minimum atomic E-state index is -0.591. The van der Waals surface area contributed by atoms with Crippen LogP contribution in [0.4, 0.5) is 0 Å². The molecule has 0 saturated heterocycles. The van der Waals surface area contributed by atoms with E-state index < -0.39 is 5.54 Å². The van der Waals surface area contributed by atoms with Crippen molar-refractivity contribution in [2.45, 2.75) is 12.5 Å². The molecule has 4 nitrogen and oxygen atoms in total. The summed E-state index contributed by atoms with van der Waals surface area (Å²) in [5.41, 5.74) is 6.81. The van der Waals surface area contributed by atoms with Gasteiger partial charge in [-0.15, -0.1) is 0 Å². The normalized spacial score (nSPS) is 20.4. The maximum absolute atomic E-state index is 7.53. The zero-order chi connectivity index (χ0) is 32.4. The first-order valence-corrected chi connectivity index (χ1v) is 17.1. The first-order valence-electron chi connectivity index (χ1n) is 16.7. The van der Waals surface area contributed by atoms with Crippen molar-refractivity contribution in [2.24, 2.45) is 21.8 Å². The van der Waals surface area contributed by atoms with E-state index in [1.54, 1.807) is 0 Å². The van der Waals surface area contributed by atoms with Crippen LogP contribution in [0.25, 0.3) is 65.4 Å². The van der Waals surface area contributed by atoms with Crippen LogP contribution in [0.15, 0.2) is 152 Å². The Hall–Kier alpha value is -5.71. The molecule has 232 valence electrons. The molecule has 0 N–H and O–H groups in total. The van der Waals surface area contributed by atoms with Crippen LogP contribution in [0.5, 0.6) is 0 Å². The molecule has 1 fully saturated rings. The lowest BCUT2D eigenvalue weighted by atomic mass is 9.93. The van der Waals surface area contributed by atoms with Crippen LogP contribution in [0, 0.1) is 11.8 Å². The fraction of sp³-hybridized carbons (Fsp3) is 0.0909. The molecule has 3 unspecified atom stereocenters. The van der Waals surface area contributed by atoms with Crippen molar-refractivity contribution in [3.63, 3.8) is 0 Å². The van der Waals surface area contributed by atoms with E-state index in [4.69, 9.17) is 30.4 Å². The second-order valence-corrected chi connectivity index (χ2v) is 13.8. The fourth-order valence-corrected chi connectivity index (χ4v) is 8.88. The maximum Gasteiger partial charge on any atom is 0.155 e. The summed E-state index contributed by atoms with van der Waals surface area (Å²) in [5.74, 6) is 0.905. The molecule has 0 amide bonds. The van der Waals surface area contributed by atoms with Gasteiger partial charge in [-0.3, -0.25) is 4.99 Å². The first kappa shape index (κ1) is 27.3. The average Bonchev–Trinajstić information content (AvgIpc) is 3.40. The highest BCUT2D eigenvalue weighted by Crippen LogP contribution is 2.65. The number of benzene rings is 7. The number of furan rings is 2. The van der Waals surface area contributed by atoms with E-state index >= 15 is 0 Å². The molecular weight excluding hydrogens is 624 g/mol. The summed E-state index contributed by atoms with van der Waals surface area (Å²) in [4.78, 5) is 10.9. The van der Waals surface area contributed by atoms with E-state index in [0.717, 1.165) is 82.4 Å². The van der Waals surface area contributed by atoms with Gasteiger partial charge in [0.05, 0.1) is 10.7 Å². The van der Waals surface area contributed by atoms with E-state index in [0.29, 0.717) is 10.9 Å². The van der Waals surface area contributed by atoms with E-state index in [2.05, 4.69) is 122 Å². The Balaban J connectivity index is 1.14. The number of rotatable bonds is 3. The minimum Gasteiger partial charge on any atom is -0.456 e. The van der Waals surface area contributed by atoms with Crippen LogP contribution in [-0.4, -0.2) is 11.5 Å². The molecule has 1 aliphatic carbocycles. The summed E-state index contributed by atoms with van der Waals surface area (Å²) in [6.07, 6.45) is 0. The zero-order valence-electron chi connectivity index (χ0n) is 26.4. The largest absolute Gasteiger partial charge is 0.456 e. The minimum absolute atomic E-state index is 0.0347. The zero-order valence-corrected chi connectivity index (χ0v) is 27.2. The third-order valence-electron chi connectivity index (χ3n) is 10.9. The molecule has 7 aromatic carbocycles. The van der Waals surface area contributed by atoms with Crippen LogP contribution in [0.1, 0.15) is 23.6 Å². The molecule has 11 rings (SSSR count). The van der Waals surface area contributed by atoms with Crippen LogP contribution >= 0.6 is 11.6 Å². The third kappa shape index (κ3) is 3.70. The summed E-state index contributed by atoms with van der Waals surface area (Å²) < 4.78 is 12.8. The number of fused-ring (bicyclic) bond motifs is 10. The van der Waals surface area contributed by atoms with Crippen molar-refractivity contribution < 1.29 is 8.83 Å². The van der Waals surface area contributed by atoms with Crippen molar-refractivity contribution in [1.82, 2.24) is 0 Å². The van der Waals surface area contributed by atoms with Crippen molar-refractivity contribution in [3.8, 4) is 0 Å². The van der Waals surface area contributed by atoms with Crippen LogP contribution in [0.3, 0.4) is 0 Å². The Morgan fingerprint density at radius 2 is 1.31 bits per heavy atom. The second-order valence-electron chi connectivity index (χ2n) is 13.5. The highest BCUT2D eigenvalue weighted by Gasteiger charge is 2.68. The highest BCUT2D eigenvalue weighted by molar-refractivity contribution is 6.39. The predicted octanol–water partition coefficient (Wildman–Crippen LogP) is 11.9. The molecule has 49 heavy (non-hydrogen) atoms. The lowest BCUT2D eigenvalue weighted by molar-refractivity contribution is 0.653. The van der Waals surface area contributed by atoms with Gasteiger partial charge in [0.1, 0.15) is 27.9 Å². The van der Waals surface area contributed by atoms with Gasteiger partial charge in [-0.1, -0.05) is 116 Å². The number of nitrogens with zero attached hydrogens (tertiary/aromatic N) is 2. The number of aliphatic imine (C=N–C) groups is 2. The third-order valence-corrected chi connectivity index (χ3v) is 11.3. The summed E-state index contributed by atoms with van der Waals surface area (Å²) in [6, 6.07) is 46.3. The number of amidine groups is 1. The lowest BCUT2D eigenvalue weighted by Crippen LogP contribution is -2.23. The predicted molar refractivity (Wildman–Crippen MR) is 201 cm³/mol. The smallest absolute Gasteiger partial charge is 0.155 e. The van der Waals surface area contributed by atoms with Crippen molar-refractivity contribution in [3.05, 3.63) is 155 Å². The van der Waals surface area contributed by atoms with Gasteiger partial charge in [0.2, 0.25) is 0 Å². The molecule has 2 aliphatic rings. The van der Waals surface area contributed by atoms with E-state index in [1.807, 2.05) is 18.2 Å². The van der Waals surface area contributed by atoms with Gasteiger partial charge >= 0.3 is 0 Å². The van der Waals surface area contributed by atoms with Crippen LogP contribution in [-0.2, 0) is 5.54 Å². The molecule has 1 aliphatic heterocycles. The molecule has 5 heteroatoms. The van der Waals surface area contributed by atoms with Crippen LogP contribution < -0.4 is 0 Å². The molecule has 0 spiro atoms. The number of para-hydroxylation sites is 1. The van der Waals surface area contributed by atoms with Gasteiger partial charge in [0.15, 0.2) is 5.84 Å². The van der Waals surface area contributed by atoms with Crippen molar-refractivity contribution in [2.75, 3.05) is 0 Å². The molecule has 2 aromatic heterocycles. The molecule has 0 radical (unpaired) electrons. The second kappa shape index (κ2) is 9.68. The Morgan fingerprint density at radius 1 is 0.592 bits per heavy atom. The van der Waals surface area contributed by atoms with E-state index in [9.17, 15) is 0 Å². The van der Waals surface area contributed by atoms with Crippen molar-refractivity contribution >= 4 is 88.6 Å². The summed E-state index contributed by atoms with van der Waals surface area (Å²) in [5, 5.41) is 9.40. The van der Waals surface area contributed by atoms with E-state index in [-0.39, 0.29) is 11.8 Å². The quantitative estimate of drug-likeness (QED) is 0.191. The summed E-state index contributed by atoms with van der Waals surface area (Å²) >= 11 is 7.53. The standard InChI is InChI=1S/C44H27ClN2O2/c1-24-39-41(28-17-18-32-31-12-6-7-13-35(31)48-37(32)23-28)46-43(29-15-14-25-8-2-3-10-27(25)22-29)47-44(24,39)34-20-21-36-38(40(34)45)33-19-16-26-9-4-5-11-30(26)42(33)49-36/h2-24,39H,1H3. The summed E-state index contributed by atoms with van der Waals surface area (Å²) in [6.45, 7) is 2.27. The molecule has 3 heterocycles. The van der Waals surface area contributed by atoms with Gasteiger partial charge in [0.25, 0.3) is 0 Å². The fourth-order valence-electron chi connectivity index (χ4n) is 8.47. The maximum atomic E-state index is 7.53.